The maximum atomic E-state index is 13.3. The van der Waals surface area contributed by atoms with E-state index < -0.39 is 0 Å². The van der Waals surface area contributed by atoms with Gasteiger partial charge in [-0.3, -0.25) is 0 Å². The molecule has 5 heteroatoms. The Morgan fingerprint density at radius 3 is 2.54 bits per heavy atom. The summed E-state index contributed by atoms with van der Waals surface area (Å²) < 4.78 is 13.3. The van der Waals surface area contributed by atoms with Gasteiger partial charge in [0.2, 0.25) is 0 Å². The molecule has 3 nitrogen and oxygen atoms in total. The number of nitrogens with zero attached hydrogens (tertiary/aromatic N) is 2. The fourth-order valence-electron chi connectivity index (χ4n) is 3.05. The van der Waals surface area contributed by atoms with Crippen LogP contribution in [-0.4, -0.2) is 9.97 Å². The molecule has 0 atom stereocenters. The summed E-state index contributed by atoms with van der Waals surface area (Å²) in [6.07, 6.45) is 1.58. The van der Waals surface area contributed by atoms with Crippen molar-refractivity contribution in [3.63, 3.8) is 0 Å². The van der Waals surface area contributed by atoms with Gasteiger partial charge in [-0.05, 0) is 35.2 Å². The van der Waals surface area contributed by atoms with Crippen LogP contribution >= 0.6 is 11.3 Å². The number of anilines is 2. The molecule has 0 saturated carbocycles. The fourth-order valence-corrected chi connectivity index (χ4v) is 3.97. The molecule has 0 radical (unpaired) electrons. The minimum absolute atomic E-state index is 0.242. The zero-order valence-electron chi connectivity index (χ0n) is 14.5. The molecule has 2 aromatic heterocycles. The molecule has 0 aliphatic carbocycles. The second kappa shape index (κ2) is 6.84. The third-order valence-electron chi connectivity index (χ3n) is 4.36. The Hall–Kier alpha value is -2.79. The van der Waals surface area contributed by atoms with E-state index in [2.05, 4.69) is 41.3 Å². The highest BCUT2D eigenvalue weighted by atomic mass is 32.1. The van der Waals surface area contributed by atoms with Gasteiger partial charge in [-0.25, -0.2) is 14.4 Å². The van der Waals surface area contributed by atoms with E-state index in [0.717, 1.165) is 32.8 Å². The molecule has 130 valence electrons. The number of fused-ring (bicyclic) bond motifs is 1. The summed E-state index contributed by atoms with van der Waals surface area (Å²) in [7, 11) is 0. The fraction of sp³-hybridized carbons (Fsp3) is 0.143. The molecule has 0 amide bonds. The molecule has 0 fully saturated rings. The Bertz CT molecular complexity index is 1050. The van der Waals surface area contributed by atoms with E-state index in [1.807, 2.05) is 17.5 Å². The van der Waals surface area contributed by atoms with Gasteiger partial charge in [0.1, 0.15) is 22.8 Å². The van der Waals surface area contributed by atoms with E-state index in [0.29, 0.717) is 5.92 Å². The maximum absolute atomic E-state index is 13.3. The van der Waals surface area contributed by atoms with E-state index >= 15 is 0 Å². The third kappa shape index (κ3) is 3.06. The summed E-state index contributed by atoms with van der Waals surface area (Å²) in [6.45, 7) is 4.34. The van der Waals surface area contributed by atoms with Crippen LogP contribution in [0.1, 0.15) is 25.3 Å². The first-order valence-corrected chi connectivity index (χ1v) is 9.35. The molecule has 0 aliphatic rings. The van der Waals surface area contributed by atoms with Crippen LogP contribution in [0.15, 0.2) is 60.2 Å². The number of hydrogen-bond acceptors (Lipinski definition) is 4. The molecule has 26 heavy (non-hydrogen) atoms. The number of halogens is 1. The van der Waals surface area contributed by atoms with Crippen molar-refractivity contribution in [2.75, 3.05) is 5.32 Å². The Morgan fingerprint density at radius 2 is 1.77 bits per heavy atom. The van der Waals surface area contributed by atoms with Crippen LogP contribution in [0.3, 0.4) is 0 Å². The first-order chi connectivity index (χ1) is 12.6. The zero-order chi connectivity index (χ0) is 18.1. The van der Waals surface area contributed by atoms with Crippen LogP contribution in [-0.2, 0) is 0 Å². The average Bonchev–Trinajstić information content (AvgIpc) is 3.08. The molecule has 1 N–H and O–H groups in total. The van der Waals surface area contributed by atoms with Gasteiger partial charge in [-0.15, -0.1) is 11.3 Å². The Labute approximate surface area is 155 Å². The molecule has 0 bridgehead atoms. The molecule has 2 aromatic carbocycles. The van der Waals surface area contributed by atoms with Gasteiger partial charge in [-0.2, -0.15) is 0 Å². The number of aromatic nitrogens is 2. The second-order valence-electron chi connectivity index (χ2n) is 6.43. The first kappa shape index (κ1) is 16.7. The molecular weight excluding hydrogens is 345 g/mol. The minimum atomic E-state index is -0.242. The summed E-state index contributed by atoms with van der Waals surface area (Å²) in [5.74, 6) is 0.924. The van der Waals surface area contributed by atoms with Gasteiger partial charge in [-0.1, -0.05) is 44.2 Å². The Kier molecular flexibility index (Phi) is 4.39. The highest BCUT2D eigenvalue weighted by Gasteiger charge is 2.15. The predicted molar refractivity (Wildman–Crippen MR) is 107 cm³/mol. The molecular formula is C21H18FN3S. The summed E-state index contributed by atoms with van der Waals surface area (Å²) >= 11 is 1.56. The first-order valence-electron chi connectivity index (χ1n) is 8.47. The van der Waals surface area contributed by atoms with Crippen LogP contribution in [0, 0.1) is 5.82 Å². The van der Waals surface area contributed by atoms with Crippen LogP contribution in [0.25, 0.3) is 21.3 Å². The van der Waals surface area contributed by atoms with Crippen molar-refractivity contribution in [1.29, 1.82) is 0 Å². The van der Waals surface area contributed by atoms with E-state index in [9.17, 15) is 4.39 Å². The van der Waals surface area contributed by atoms with Gasteiger partial charge in [0.05, 0.1) is 5.39 Å². The largest absolute Gasteiger partial charge is 0.339 e. The summed E-state index contributed by atoms with van der Waals surface area (Å²) in [4.78, 5) is 9.79. The Balaban J connectivity index is 1.84. The summed E-state index contributed by atoms with van der Waals surface area (Å²) in [5, 5.41) is 6.49. The normalized spacial score (nSPS) is 11.2. The number of nitrogens with one attached hydrogen (secondary N) is 1. The lowest BCUT2D eigenvalue weighted by Crippen LogP contribution is -2.00. The molecule has 0 unspecified atom stereocenters. The Morgan fingerprint density at radius 1 is 1.00 bits per heavy atom. The van der Waals surface area contributed by atoms with Crippen molar-refractivity contribution in [1.82, 2.24) is 9.97 Å². The number of rotatable bonds is 4. The summed E-state index contributed by atoms with van der Waals surface area (Å²) in [5.41, 5.74) is 4.24. The SMILES string of the molecule is CC(C)c1ccccc1Nc1ncnc2scc(-c3ccc(F)cc3)c12. The monoisotopic (exact) mass is 363 g/mol. The highest BCUT2D eigenvalue weighted by Crippen LogP contribution is 2.38. The second-order valence-corrected chi connectivity index (χ2v) is 7.28. The van der Waals surface area contributed by atoms with Crippen LogP contribution in [0.2, 0.25) is 0 Å². The van der Waals surface area contributed by atoms with Crippen molar-refractivity contribution in [3.05, 3.63) is 71.6 Å². The van der Waals surface area contributed by atoms with Crippen molar-refractivity contribution in [3.8, 4) is 11.1 Å². The van der Waals surface area contributed by atoms with Crippen molar-refractivity contribution in [2.45, 2.75) is 19.8 Å². The standard InChI is InChI=1S/C21H18FN3S/c1-13(2)16-5-3-4-6-18(16)25-20-19-17(11-26-21(19)24-12-23-20)14-7-9-15(22)10-8-14/h3-13H,1-2H3,(H,23,24,25). The van der Waals surface area contributed by atoms with Gasteiger partial charge in [0, 0.05) is 16.6 Å². The number of hydrogen-bond donors (Lipinski definition) is 1. The average molecular weight is 363 g/mol. The number of thiophene rings is 1. The van der Waals surface area contributed by atoms with Crippen molar-refractivity contribution < 1.29 is 4.39 Å². The van der Waals surface area contributed by atoms with Gasteiger partial charge >= 0.3 is 0 Å². The highest BCUT2D eigenvalue weighted by molar-refractivity contribution is 7.17. The van der Waals surface area contributed by atoms with Crippen molar-refractivity contribution in [2.24, 2.45) is 0 Å². The quantitative estimate of drug-likeness (QED) is 0.458. The predicted octanol–water partition coefficient (Wildman–Crippen LogP) is 6.36. The van der Waals surface area contributed by atoms with Crippen LogP contribution < -0.4 is 5.32 Å². The van der Waals surface area contributed by atoms with Gasteiger partial charge in [0.15, 0.2) is 0 Å². The smallest absolute Gasteiger partial charge is 0.143 e. The molecule has 0 spiro atoms. The number of para-hydroxylation sites is 1. The van der Waals surface area contributed by atoms with E-state index in [4.69, 9.17) is 0 Å². The molecule has 0 saturated heterocycles. The minimum Gasteiger partial charge on any atom is -0.339 e. The lowest BCUT2D eigenvalue weighted by atomic mass is 10.0. The molecule has 4 rings (SSSR count). The molecule has 0 aliphatic heterocycles. The maximum Gasteiger partial charge on any atom is 0.143 e. The van der Waals surface area contributed by atoms with E-state index in [1.54, 1.807) is 29.8 Å². The van der Waals surface area contributed by atoms with Crippen LogP contribution in [0.5, 0.6) is 0 Å². The van der Waals surface area contributed by atoms with Gasteiger partial charge < -0.3 is 5.32 Å². The van der Waals surface area contributed by atoms with Crippen molar-refractivity contribution >= 4 is 33.1 Å². The van der Waals surface area contributed by atoms with E-state index in [1.165, 1.54) is 17.7 Å². The van der Waals surface area contributed by atoms with E-state index in [-0.39, 0.29) is 5.82 Å². The molecule has 4 aromatic rings. The summed E-state index contributed by atoms with van der Waals surface area (Å²) in [6, 6.07) is 14.8. The zero-order valence-corrected chi connectivity index (χ0v) is 15.3. The number of benzene rings is 2. The lowest BCUT2D eigenvalue weighted by Gasteiger charge is -2.15. The lowest BCUT2D eigenvalue weighted by molar-refractivity contribution is 0.628. The molecule has 2 heterocycles. The van der Waals surface area contributed by atoms with Gasteiger partial charge in [0.25, 0.3) is 0 Å². The van der Waals surface area contributed by atoms with Crippen LogP contribution in [0.4, 0.5) is 15.9 Å². The topological polar surface area (TPSA) is 37.8 Å². The third-order valence-corrected chi connectivity index (χ3v) is 5.25.